The second kappa shape index (κ2) is 67.3. The number of ether oxygens (including phenoxy) is 1. The van der Waals surface area contributed by atoms with Gasteiger partial charge in [0.2, 0.25) is 5.91 Å². The van der Waals surface area contributed by atoms with Crippen molar-refractivity contribution in [3.05, 3.63) is 48.6 Å². The van der Waals surface area contributed by atoms with Crippen molar-refractivity contribution in [3.8, 4) is 0 Å². The van der Waals surface area contributed by atoms with Gasteiger partial charge in [0, 0.05) is 12.8 Å². The fourth-order valence-corrected chi connectivity index (χ4v) is 10.7. The van der Waals surface area contributed by atoms with E-state index in [1.54, 1.807) is 6.08 Å². The van der Waals surface area contributed by atoms with E-state index in [4.69, 9.17) is 4.74 Å². The largest absolute Gasteiger partial charge is 0.466 e. The molecule has 0 aromatic rings. The molecular weight excluding hydrogens is 959 g/mol. The third-order valence-electron chi connectivity index (χ3n) is 16.0. The molecule has 0 spiro atoms. The summed E-state index contributed by atoms with van der Waals surface area (Å²) in [7, 11) is 0. The average Bonchev–Trinajstić information content (AvgIpc) is 3.44. The molecule has 2 atom stereocenters. The van der Waals surface area contributed by atoms with Crippen molar-refractivity contribution in [2.75, 3.05) is 13.2 Å². The lowest BCUT2D eigenvalue weighted by Gasteiger charge is -2.20. The number of aliphatic hydroxyl groups excluding tert-OH is 2. The summed E-state index contributed by atoms with van der Waals surface area (Å²) < 4.78 is 5.47. The van der Waals surface area contributed by atoms with Crippen molar-refractivity contribution in [1.29, 1.82) is 0 Å². The smallest absolute Gasteiger partial charge is 0.305 e. The molecule has 0 heterocycles. The van der Waals surface area contributed by atoms with E-state index in [9.17, 15) is 19.8 Å². The number of hydrogen-bond donors (Lipinski definition) is 3. The van der Waals surface area contributed by atoms with E-state index in [1.807, 2.05) is 6.08 Å². The second-order valence-electron chi connectivity index (χ2n) is 23.9. The van der Waals surface area contributed by atoms with Crippen LogP contribution in [0.1, 0.15) is 373 Å². The van der Waals surface area contributed by atoms with Gasteiger partial charge in [-0.2, -0.15) is 0 Å². The zero-order valence-corrected chi connectivity index (χ0v) is 52.4. The minimum absolute atomic E-state index is 0.00226. The Hall–Kier alpha value is -2.18. The summed E-state index contributed by atoms with van der Waals surface area (Å²) in [5, 5.41) is 23.3. The molecule has 0 aliphatic heterocycles. The highest BCUT2D eigenvalue weighted by atomic mass is 16.5. The van der Waals surface area contributed by atoms with Crippen LogP contribution in [0.5, 0.6) is 0 Å². The van der Waals surface area contributed by atoms with Gasteiger partial charge in [-0.05, 0) is 83.5 Å². The van der Waals surface area contributed by atoms with E-state index in [0.29, 0.717) is 19.4 Å². The molecule has 0 aliphatic carbocycles. The number of aliphatic hydroxyl groups is 2. The molecule has 0 saturated carbocycles. The van der Waals surface area contributed by atoms with Gasteiger partial charge >= 0.3 is 5.97 Å². The van der Waals surface area contributed by atoms with Crippen molar-refractivity contribution >= 4 is 11.9 Å². The number of esters is 1. The van der Waals surface area contributed by atoms with Crippen LogP contribution < -0.4 is 5.32 Å². The summed E-state index contributed by atoms with van der Waals surface area (Å²) in [4.78, 5) is 24.6. The summed E-state index contributed by atoms with van der Waals surface area (Å²) in [5.74, 6) is -0.0702. The average molecular weight is 1090 g/mol. The van der Waals surface area contributed by atoms with Gasteiger partial charge < -0.3 is 20.3 Å². The van der Waals surface area contributed by atoms with Crippen LogP contribution in [0.25, 0.3) is 0 Å². The zero-order valence-electron chi connectivity index (χ0n) is 52.4. The number of unbranched alkanes of at least 4 members (excludes halogenated alkanes) is 48. The van der Waals surface area contributed by atoms with Gasteiger partial charge in [0.25, 0.3) is 0 Å². The van der Waals surface area contributed by atoms with Crippen LogP contribution in [-0.4, -0.2) is 47.4 Å². The van der Waals surface area contributed by atoms with Gasteiger partial charge in [-0.3, -0.25) is 9.59 Å². The maximum Gasteiger partial charge on any atom is 0.305 e. The first-order valence-corrected chi connectivity index (χ1v) is 34.9. The number of nitrogens with one attached hydrogen (secondary N) is 1. The van der Waals surface area contributed by atoms with Gasteiger partial charge in [0.05, 0.1) is 25.4 Å². The van der Waals surface area contributed by atoms with Crippen molar-refractivity contribution in [2.45, 2.75) is 386 Å². The van der Waals surface area contributed by atoms with Crippen LogP contribution in [0, 0.1) is 0 Å². The molecule has 0 saturated heterocycles. The molecule has 0 fully saturated rings. The molecule has 0 aromatic carbocycles. The number of carbonyl (C=O) groups is 2. The van der Waals surface area contributed by atoms with Crippen molar-refractivity contribution in [3.63, 3.8) is 0 Å². The maximum absolute atomic E-state index is 12.5. The predicted octanol–water partition coefficient (Wildman–Crippen LogP) is 22.5. The quantitative estimate of drug-likeness (QED) is 0.0320. The normalized spacial score (nSPS) is 12.8. The number of hydrogen-bond acceptors (Lipinski definition) is 5. The van der Waals surface area contributed by atoms with Crippen LogP contribution >= 0.6 is 0 Å². The molecule has 0 aromatic heterocycles. The molecule has 6 heteroatoms. The molecule has 3 N–H and O–H groups in total. The van der Waals surface area contributed by atoms with Gasteiger partial charge in [-0.15, -0.1) is 0 Å². The molecule has 0 radical (unpaired) electrons. The lowest BCUT2D eigenvalue weighted by atomic mass is 10.0. The molecule has 0 bridgehead atoms. The van der Waals surface area contributed by atoms with E-state index in [1.165, 1.54) is 295 Å². The molecule has 0 aliphatic rings. The fraction of sp³-hybridized carbons (Fsp3) is 0.861. The van der Waals surface area contributed by atoms with Crippen LogP contribution in [-0.2, 0) is 14.3 Å². The first-order chi connectivity index (χ1) is 38.5. The number of carbonyl (C=O) groups excluding carboxylic acids is 2. The van der Waals surface area contributed by atoms with Gasteiger partial charge in [-0.25, -0.2) is 0 Å². The van der Waals surface area contributed by atoms with Crippen molar-refractivity contribution < 1.29 is 24.5 Å². The fourth-order valence-electron chi connectivity index (χ4n) is 10.7. The Labute approximate surface area is 486 Å². The van der Waals surface area contributed by atoms with Crippen molar-refractivity contribution in [1.82, 2.24) is 5.32 Å². The minimum atomic E-state index is -0.849. The third-order valence-corrected chi connectivity index (χ3v) is 16.0. The summed E-state index contributed by atoms with van der Waals surface area (Å²) in [6, 6.07) is -0.632. The maximum atomic E-state index is 12.5. The molecule has 0 rings (SSSR count). The van der Waals surface area contributed by atoms with E-state index >= 15 is 0 Å². The summed E-state index contributed by atoms with van der Waals surface area (Å²) in [6.07, 6.45) is 87.5. The van der Waals surface area contributed by atoms with Gasteiger partial charge in [0.1, 0.15) is 0 Å². The Bertz CT molecular complexity index is 1310. The molecule has 2 unspecified atom stereocenters. The lowest BCUT2D eigenvalue weighted by Crippen LogP contribution is -2.45. The summed E-state index contributed by atoms with van der Waals surface area (Å²) in [6.45, 7) is 4.86. The Morgan fingerprint density at radius 1 is 0.359 bits per heavy atom. The number of allylic oxidation sites excluding steroid dienone is 7. The first-order valence-electron chi connectivity index (χ1n) is 34.9. The van der Waals surface area contributed by atoms with Crippen LogP contribution in [0.2, 0.25) is 0 Å². The van der Waals surface area contributed by atoms with E-state index in [0.717, 1.165) is 51.4 Å². The highest BCUT2D eigenvalue weighted by Crippen LogP contribution is 2.18. The predicted molar refractivity (Wildman–Crippen MR) is 342 cm³/mol. The first kappa shape index (κ1) is 75.8. The molecular formula is C72H135NO5. The molecule has 1 amide bonds. The van der Waals surface area contributed by atoms with E-state index in [2.05, 4.69) is 55.6 Å². The topological polar surface area (TPSA) is 95.9 Å². The Balaban J connectivity index is 3.44. The highest BCUT2D eigenvalue weighted by Gasteiger charge is 2.18. The second-order valence-corrected chi connectivity index (χ2v) is 23.9. The summed E-state index contributed by atoms with van der Waals surface area (Å²) >= 11 is 0. The SMILES string of the molecule is CCC/C=C\C/C=C\CCCCCCCC(=O)OCCCCCCCCCCCCCC/C=C\CCCCCCCCCCCC(=O)NC(CO)C(O)/C=C/CCCCCCCCCCCCCCCCCCCCCCC. The Morgan fingerprint density at radius 2 is 0.667 bits per heavy atom. The van der Waals surface area contributed by atoms with E-state index in [-0.39, 0.29) is 18.5 Å². The Kier molecular flexibility index (Phi) is 65.4. The summed E-state index contributed by atoms with van der Waals surface area (Å²) in [5.41, 5.74) is 0. The lowest BCUT2D eigenvalue weighted by molar-refractivity contribution is -0.143. The van der Waals surface area contributed by atoms with Crippen LogP contribution in [0.3, 0.4) is 0 Å². The highest BCUT2D eigenvalue weighted by molar-refractivity contribution is 5.76. The van der Waals surface area contributed by atoms with Crippen LogP contribution in [0.15, 0.2) is 48.6 Å². The van der Waals surface area contributed by atoms with Gasteiger partial charge in [-0.1, -0.05) is 326 Å². The standard InChI is InChI=1S/C72H135NO5/c1-3-5-7-9-11-13-15-17-18-19-20-21-25-28-31-34-37-41-44-48-52-56-60-64-70(75)69(68-74)73-71(76)65-61-57-53-49-45-42-38-35-32-29-26-23-22-24-27-30-33-36-39-43-47-51-55-59-63-67-78-72(77)66-62-58-54-50-46-40-16-14-12-10-8-6-4-2/h8,10,14,16,23,26,60,64,69-70,74-75H,3-7,9,11-13,15,17-22,24-25,27-59,61-63,65-68H2,1-2H3,(H,73,76)/b10-8-,16-14-,26-23-,64-60+. The van der Waals surface area contributed by atoms with Crippen molar-refractivity contribution in [2.24, 2.45) is 0 Å². The third kappa shape index (κ3) is 63.0. The number of rotatable bonds is 65. The Morgan fingerprint density at radius 3 is 1.04 bits per heavy atom. The van der Waals surface area contributed by atoms with E-state index < -0.39 is 12.1 Å². The molecule has 78 heavy (non-hydrogen) atoms. The number of amides is 1. The van der Waals surface area contributed by atoms with Gasteiger partial charge in [0.15, 0.2) is 0 Å². The van der Waals surface area contributed by atoms with Crippen LogP contribution in [0.4, 0.5) is 0 Å². The monoisotopic (exact) mass is 1090 g/mol. The minimum Gasteiger partial charge on any atom is -0.466 e. The zero-order chi connectivity index (χ0) is 56.4. The molecule has 458 valence electrons. The molecule has 6 nitrogen and oxygen atoms in total.